The van der Waals surface area contributed by atoms with Crippen LogP contribution in [0.25, 0.3) is 10.6 Å². The summed E-state index contributed by atoms with van der Waals surface area (Å²) in [6.45, 7) is 0. The molecule has 26 heavy (non-hydrogen) atoms. The predicted molar refractivity (Wildman–Crippen MR) is 103 cm³/mol. The number of carbonyl (C=O) groups excluding carboxylic acids is 1. The second-order valence-electron chi connectivity index (χ2n) is 5.95. The van der Waals surface area contributed by atoms with Gasteiger partial charge in [0.05, 0.1) is 0 Å². The Kier molecular flexibility index (Phi) is 4.94. The van der Waals surface area contributed by atoms with Crippen molar-refractivity contribution in [3.05, 3.63) is 65.2 Å². The van der Waals surface area contributed by atoms with E-state index in [1.54, 1.807) is 0 Å². The van der Waals surface area contributed by atoms with E-state index in [9.17, 15) is 4.79 Å². The minimum Gasteiger partial charge on any atom is -0.299 e. The third-order valence-electron chi connectivity index (χ3n) is 4.15. The molecule has 1 fully saturated rings. The molecule has 0 bridgehead atoms. The van der Waals surface area contributed by atoms with Crippen molar-refractivity contribution in [2.75, 3.05) is 5.32 Å². The molecule has 2 atom stereocenters. The largest absolute Gasteiger partial charge is 0.299 e. The summed E-state index contributed by atoms with van der Waals surface area (Å²) in [5.74, 6) is -0.141. The minimum absolute atomic E-state index is 0.0266. The summed E-state index contributed by atoms with van der Waals surface area (Å²) in [6.07, 6.45) is 0.622. The van der Waals surface area contributed by atoms with Crippen LogP contribution in [0.2, 0.25) is 5.02 Å². The van der Waals surface area contributed by atoms with Gasteiger partial charge in [0.15, 0.2) is 0 Å². The summed E-state index contributed by atoms with van der Waals surface area (Å²) in [6, 6.07) is 17.0. The third-order valence-corrected chi connectivity index (χ3v) is 5.27. The molecule has 2 aromatic carbocycles. The fraction of sp³-hybridized carbons (Fsp3) is 0.167. The Hall–Kier alpha value is -2.32. The predicted octanol–water partition coefficient (Wildman–Crippen LogP) is 3.40. The van der Waals surface area contributed by atoms with Crippen LogP contribution in [0.3, 0.4) is 0 Å². The number of nitrogens with one attached hydrogen (secondary N) is 3. The van der Waals surface area contributed by atoms with Crippen molar-refractivity contribution in [3.8, 4) is 10.6 Å². The van der Waals surface area contributed by atoms with Crippen LogP contribution in [-0.2, 0) is 4.79 Å². The highest BCUT2D eigenvalue weighted by molar-refractivity contribution is 7.18. The second kappa shape index (κ2) is 7.51. The lowest BCUT2D eigenvalue weighted by Crippen LogP contribution is -2.39. The number of hydrogen-bond donors (Lipinski definition) is 3. The third kappa shape index (κ3) is 3.76. The highest BCUT2D eigenvalue weighted by Crippen LogP contribution is 2.28. The van der Waals surface area contributed by atoms with E-state index in [2.05, 4.69) is 26.4 Å². The molecule has 3 N–H and O–H groups in total. The van der Waals surface area contributed by atoms with E-state index in [0.717, 1.165) is 16.1 Å². The molecule has 6 nitrogen and oxygen atoms in total. The van der Waals surface area contributed by atoms with Crippen LogP contribution in [-0.4, -0.2) is 22.1 Å². The first-order valence-electron chi connectivity index (χ1n) is 8.15. The SMILES string of the molecule is O=C(Nc1nnc(-c2ccccc2)s1)C1CC(c2cccc(Cl)c2)NN1. The average molecular weight is 386 g/mol. The maximum absolute atomic E-state index is 12.5. The average Bonchev–Trinajstić information content (AvgIpc) is 3.32. The van der Waals surface area contributed by atoms with Gasteiger partial charge in [-0.05, 0) is 24.1 Å². The number of hydrazine groups is 1. The molecular weight excluding hydrogens is 370 g/mol. The van der Waals surface area contributed by atoms with Gasteiger partial charge in [0.1, 0.15) is 11.0 Å². The molecule has 2 unspecified atom stereocenters. The summed E-state index contributed by atoms with van der Waals surface area (Å²) in [5, 5.41) is 13.0. The quantitative estimate of drug-likeness (QED) is 0.641. The molecule has 1 aromatic heterocycles. The summed E-state index contributed by atoms with van der Waals surface area (Å²) < 4.78 is 0. The fourth-order valence-corrected chi connectivity index (χ4v) is 3.78. The molecule has 1 saturated heterocycles. The number of nitrogens with zero attached hydrogens (tertiary/aromatic N) is 2. The Morgan fingerprint density at radius 3 is 2.77 bits per heavy atom. The monoisotopic (exact) mass is 385 g/mol. The van der Waals surface area contributed by atoms with Crippen molar-refractivity contribution in [1.82, 2.24) is 21.0 Å². The fourth-order valence-electron chi connectivity index (χ4n) is 2.83. The molecule has 1 amide bonds. The lowest BCUT2D eigenvalue weighted by Gasteiger charge is -2.09. The van der Waals surface area contributed by atoms with Crippen molar-refractivity contribution in [2.45, 2.75) is 18.5 Å². The van der Waals surface area contributed by atoms with E-state index >= 15 is 0 Å². The maximum atomic E-state index is 12.5. The van der Waals surface area contributed by atoms with Crippen molar-refractivity contribution in [1.29, 1.82) is 0 Å². The van der Waals surface area contributed by atoms with Gasteiger partial charge in [0, 0.05) is 16.6 Å². The van der Waals surface area contributed by atoms with Crippen LogP contribution in [0.5, 0.6) is 0 Å². The van der Waals surface area contributed by atoms with E-state index in [-0.39, 0.29) is 18.0 Å². The van der Waals surface area contributed by atoms with Crippen LogP contribution in [0.15, 0.2) is 54.6 Å². The molecule has 0 saturated carbocycles. The molecule has 1 aliphatic rings. The van der Waals surface area contributed by atoms with Crippen molar-refractivity contribution in [3.63, 3.8) is 0 Å². The maximum Gasteiger partial charge on any atom is 0.244 e. The number of rotatable bonds is 4. The zero-order valence-electron chi connectivity index (χ0n) is 13.6. The van der Waals surface area contributed by atoms with E-state index < -0.39 is 0 Å². The number of aromatic nitrogens is 2. The zero-order valence-corrected chi connectivity index (χ0v) is 15.2. The van der Waals surface area contributed by atoms with E-state index in [1.165, 1.54) is 11.3 Å². The Bertz CT molecular complexity index is 917. The number of halogens is 1. The van der Waals surface area contributed by atoms with Gasteiger partial charge in [0.2, 0.25) is 11.0 Å². The van der Waals surface area contributed by atoms with Crippen molar-refractivity contribution in [2.24, 2.45) is 0 Å². The Labute approximate surface area is 159 Å². The van der Waals surface area contributed by atoms with Gasteiger partial charge in [-0.1, -0.05) is 65.4 Å². The van der Waals surface area contributed by atoms with Gasteiger partial charge in [-0.2, -0.15) is 0 Å². The molecular formula is C18H16ClN5OS. The molecule has 8 heteroatoms. The first-order chi connectivity index (χ1) is 12.7. The molecule has 3 aromatic rings. The highest BCUT2D eigenvalue weighted by Gasteiger charge is 2.30. The summed E-state index contributed by atoms with van der Waals surface area (Å²) >= 11 is 7.39. The Morgan fingerprint density at radius 1 is 1.12 bits per heavy atom. The standard InChI is InChI=1S/C18H16ClN5OS/c19-13-8-4-7-12(9-13)14-10-15(22-21-14)16(25)20-18-24-23-17(26-18)11-5-2-1-3-6-11/h1-9,14-15,21-22H,10H2,(H,20,24,25). The van der Waals surface area contributed by atoms with Crippen LogP contribution < -0.4 is 16.2 Å². The van der Waals surface area contributed by atoms with Gasteiger partial charge in [-0.3, -0.25) is 10.1 Å². The van der Waals surface area contributed by atoms with E-state index in [4.69, 9.17) is 11.6 Å². The van der Waals surface area contributed by atoms with Gasteiger partial charge < -0.3 is 0 Å². The smallest absolute Gasteiger partial charge is 0.244 e. The summed E-state index contributed by atoms with van der Waals surface area (Å²) in [7, 11) is 0. The van der Waals surface area contributed by atoms with Crippen molar-refractivity contribution < 1.29 is 4.79 Å². The van der Waals surface area contributed by atoms with Gasteiger partial charge in [-0.25, -0.2) is 10.9 Å². The Morgan fingerprint density at radius 2 is 1.96 bits per heavy atom. The highest BCUT2D eigenvalue weighted by atomic mass is 35.5. The lowest BCUT2D eigenvalue weighted by atomic mass is 10.0. The second-order valence-corrected chi connectivity index (χ2v) is 7.37. The first-order valence-corrected chi connectivity index (χ1v) is 9.35. The van der Waals surface area contributed by atoms with Gasteiger partial charge in [0.25, 0.3) is 0 Å². The van der Waals surface area contributed by atoms with Crippen molar-refractivity contribution >= 4 is 34.0 Å². The van der Waals surface area contributed by atoms with E-state index in [0.29, 0.717) is 16.6 Å². The summed E-state index contributed by atoms with van der Waals surface area (Å²) in [4.78, 5) is 12.5. The summed E-state index contributed by atoms with van der Waals surface area (Å²) in [5.41, 5.74) is 8.20. The van der Waals surface area contributed by atoms with Crippen LogP contribution in [0.1, 0.15) is 18.0 Å². The molecule has 132 valence electrons. The molecule has 2 heterocycles. The molecule has 0 radical (unpaired) electrons. The number of benzene rings is 2. The van der Waals surface area contributed by atoms with Crippen LogP contribution in [0.4, 0.5) is 5.13 Å². The van der Waals surface area contributed by atoms with Crippen LogP contribution >= 0.6 is 22.9 Å². The minimum atomic E-state index is -0.358. The Balaban J connectivity index is 1.39. The first kappa shape index (κ1) is 17.1. The number of anilines is 1. The molecule has 1 aliphatic heterocycles. The molecule has 4 rings (SSSR count). The zero-order chi connectivity index (χ0) is 17.9. The van der Waals surface area contributed by atoms with Gasteiger partial charge in [-0.15, -0.1) is 10.2 Å². The normalized spacial score (nSPS) is 19.4. The van der Waals surface area contributed by atoms with Crippen LogP contribution in [0, 0.1) is 0 Å². The topological polar surface area (TPSA) is 78.9 Å². The van der Waals surface area contributed by atoms with E-state index in [1.807, 2.05) is 54.6 Å². The molecule has 0 spiro atoms. The number of hydrogen-bond acceptors (Lipinski definition) is 6. The number of carbonyl (C=O) groups is 1. The van der Waals surface area contributed by atoms with Gasteiger partial charge >= 0.3 is 0 Å². The lowest BCUT2D eigenvalue weighted by molar-refractivity contribution is -0.117. The molecule has 0 aliphatic carbocycles. The number of amides is 1.